The number of carbonyl (C=O) groups excluding carboxylic acids is 1. The van der Waals surface area contributed by atoms with Crippen LogP contribution in [0.4, 0.5) is 0 Å². The molecule has 1 fully saturated rings. The van der Waals surface area contributed by atoms with Gasteiger partial charge in [-0.3, -0.25) is 4.79 Å². The fourth-order valence-corrected chi connectivity index (χ4v) is 4.09. The summed E-state index contributed by atoms with van der Waals surface area (Å²) >= 11 is 1.76. The second kappa shape index (κ2) is 10.4. The van der Waals surface area contributed by atoms with Crippen molar-refractivity contribution in [2.45, 2.75) is 39.7 Å². The van der Waals surface area contributed by atoms with Gasteiger partial charge >= 0.3 is 5.97 Å². The molecule has 1 unspecified atom stereocenters. The Morgan fingerprint density at radius 1 is 1.45 bits per heavy atom. The Kier molecular flexibility index (Phi) is 7.62. The molecule has 0 radical (unpaired) electrons. The van der Waals surface area contributed by atoms with Gasteiger partial charge in [-0.25, -0.2) is 4.99 Å². The number of likely N-dealkylation sites (tertiary alicyclic amines) is 1. The maximum Gasteiger partial charge on any atom is 0.310 e. The molecule has 1 saturated heterocycles. The maximum absolute atomic E-state index is 12.2. The van der Waals surface area contributed by atoms with E-state index in [2.05, 4.69) is 37.9 Å². The van der Waals surface area contributed by atoms with Gasteiger partial charge in [-0.1, -0.05) is 6.07 Å². The Hall–Kier alpha value is -2.42. The standard InChI is InChI=1S/C20H30N6O2S/c1-4-28-19(27)16-7-5-11-26(14-16)20(21-10-9-17-8-6-12-29-17)22-13-18-24-23-15(2)25(18)3/h6,8,12,16H,4-5,7,9-11,13-14H2,1-3H3,(H,21,22). The van der Waals surface area contributed by atoms with Crippen molar-refractivity contribution in [1.29, 1.82) is 0 Å². The first kappa shape index (κ1) is 21.3. The van der Waals surface area contributed by atoms with Crippen LogP contribution in [0.25, 0.3) is 0 Å². The number of carbonyl (C=O) groups is 1. The number of rotatable bonds is 7. The fraction of sp³-hybridized carbons (Fsp3) is 0.600. The van der Waals surface area contributed by atoms with Crippen LogP contribution in [-0.4, -0.2) is 57.8 Å². The van der Waals surface area contributed by atoms with Gasteiger partial charge in [0.25, 0.3) is 0 Å². The van der Waals surface area contributed by atoms with Crippen LogP contribution in [-0.2, 0) is 29.5 Å². The van der Waals surface area contributed by atoms with Gasteiger partial charge in [0.05, 0.1) is 12.5 Å². The second-order valence-electron chi connectivity index (χ2n) is 7.16. The summed E-state index contributed by atoms with van der Waals surface area (Å²) in [4.78, 5) is 20.5. The quantitative estimate of drug-likeness (QED) is 0.421. The van der Waals surface area contributed by atoms with Crippen LogP contribution in [0, 0.1) is 12.8 Å². The van der Waals surface area contributed by atoms with E-state index in [1.54, 1.807) is 11.3 Å². The molecule has 0 saturated carbocycles. The summed E-state index contributed by atoms with van der Waals surface area (Å²) in [7, 11) is 1.95. The molecule has 3 rings (SSSR count). The molecule has 29 heavy (non-hydrogen) atoms. The van der Waals surface area contributed by atoms with E-state index in [1.165, 1.54) is 4.88 Å². The van der Waals surface area contributed by atoms with Crippen molar-refractivity contribution in [3.05, 3.63) is 34.0 Å². The Bertz CT molecular complexity index is 817. The zero-order valence-electron chi connectivity index (χ0n) is 17.4. The molecule has 3 heterocycles. The Morgan fingerprint density at radius 3 is 3.00 bits per heavy atom. The molecule has 1 aliphatic heterocycles. The minimum Gasteiger partial charge on any atom is -0.466 e. The molecule has 0 aliphatic carbocycles. The Labute approximate surface area is 176 Å². The molecule has 2 aromatic heterocycles. The van der Waals surface area contributed by atoms with E-state index >= 15 is 0 Å². The molecule has 0 bridgehead atoms. The topological polar surface area (TPSA) is 84.6 Å². The summed E-state index contributed by atoms with van der Waals surface area (Å²) in [5, 5.41) is 13.9. The molecule has 2 aromatic rings. The van der Waals surface area contributed by atoms with Crippen molar-refractivity contribution in [2.75, 3.05) is 26.2 Å². The number of thiophene rings is 1. The van der Waals surface area contributed by atoms with Crippen LogP contribution < -0.4 is 5.32 Å². The first-order valence-electron chi connectivity index (χ1n) is 10.2. The largest absolute Gasteiger partial charge is 0.466 e. The maximum atomic E-state index is 12.2. The summed E-state index contributed by atoms with van der Waals surface area (Å²) in [5.74, 6) is 2.28. The first-order chi connectivity index (χ1) is 14.1. The summed E-state index contributed by atoms with van der Waals surface area (Å²) in [6, 6.07) is 4.21. The van der Waals surface area contributed by atoms with E-state index in [4.69, 9.17) is 9.73 Å². The zero-order valence-corrected chi connectivity index (χ0v) is 18.2. The molecule has 158 valence electrons. The first-order valence-corrected chi connectivity index (χ1v) is 11.0. The summed E-state index contributed by atoms with van der Waals surface area (Å²) in [5.41, 5.74) is 0. The molecule has 1 N–H and O–H groups in total. The Balaban J connectivity index is 1.69. The predicted molar refractivity (Wildman–Crippen MR) is 114 cm³/mol. The van der Waals surface area contributed by atoms with Crippen molar-refractivity contribution < 1.29 is 9.53 Å². The minimum absolute atomic E-state index is 0.106. The summed E-state index contributed by atoms with van der Waals surface area (Å²) in [6.07, 6.45) is 2.74. The highest BCUT2D eigenvalue weighted by atomic mass is 32.1. The highest BCUT2D eigenvalue weighted by Crippen LogP contribution is 2.18. The van der Waals surface area contributed by atoms with E-state index in [0.717, 1.165) is 50.0 Å². The van der Waals surface area contributed by atoms with Crippen LogP contribution in [0.5, 0.6) is 0 Å². The van der Waals surface area contributed by atoms with Crippen LogP contribution in [0.1, 0.15) is 36.3 Å². The van der Waals surface area contributed by atoms with Gasteiger partial charge in [-0.15, -0.1) is 21.5 Å². The van der Waals surface area contributed by atoms with Crippen LogP contribution >= 0.6 is 11.3 Å². The molecule has 8 nitrogen and oxygen atoms in total. The van der Waals surface area contributed by atoms with Gasteiger partial charge in [-0.05, 0) is 44.6 Å². The molecule has 1 aliphatic rings. The number of ether oxygens (including phenoxy) is 1. The molecule has 0 amide bonds. The molecule has 9 heteroatoms. The molecule has 0 spiro atoms. The van der Waals surface area contributed by atoms with Crippen LogP contribution in [0.3, 0.4) is 0 Å². The van der Waals surface area contributed by atoms with E-state index < -0.39 is 0 Å². The smallest absolute Gasteiger partial charge is 0.310 e. The van der Waals surface area contributed by atoms with Crippen LogP contribution in [0.15, 0.2) is 22.5 Å². The number of nitrogens with zero attached hydrogens (tertiary/aromatic N) is 5. The normalized spacial score (nSPS) is 17.4. The number of esters is 1. The average Bonchev–Trinajstić information content (AvgIpc) is 3.36. The van der Waals surface area contributed by atoms with Gasteiger partial charge < -0.3 is 19.5 Å². The third-order valence-corrected chi connectivity index (χ3v) is 6.06. The number of hydrogen-bond donors (Lipinski definition) is 1. The number of guanidine groups is 1. The number of hydrogen-bond acceptors (Lipinski definition) is 6. The van der Waals surface area contributed by atoms with Crippen molar-refractivity contribution >= 4 is 23.3 Å². The van der Waals surface area contributed by atoms with Crippen molar-refractivity contribution in [3.8, 4) is 0 Å². The Morgan fingerprint density at radius 2 is 2.31 bits per heavy atom. The molecular formula is C20H30N6O2S. The van der Waals surface area contributed by atoms with Gasteiger partial charge in [0.2, 0.25) is 0 Å². The zero-order chi connectivity index (χ0) is 20.6. The number of aromatic nitrogens is 3. The lowest BCUT2D eigenvalue weighted by molar-refractivity contribution is -0.149. The predicted octanol–water partition coefficient (Wildman–Crippen LogP) is 2.15. The fourth-order valence-electron chi connectivity index (χ4n) is 3.38. The number of aliphatic imine (C=N–C) groups is 1. The van der Waals surface area contributed by atoms with E-state index in [1.807, 2.05) is 25.5 Å². The lowest BCUT2D eigenvalue weighted by Gasteiger charge is -2.34. The van der Waals surface area contributed by atoms with E-state index in [9.17, 15) is 4.79 Å². The van der Waals surface area contributed by atoms with Gasteiger partial charge in [0.1, 0.15) is 12.4 Å². The number of aryl methyl sites for hydroxylation is 1. The van der Waals surface area contributed by atoms with Crippen molar-refractivity contribution in [2.24, 2.45) is 18.0 Å². The highest BCUT2D eigenvalue weighted by molar-refractivity contribution is 7.09. The summed E-state index contributed by atoms with van der Waals surface area (Å²) < 4.78 is 7.19. The number of piperidine rings is 1. The molecule has 1 atom stereocenters. The monoisotopic (exact) mass is 418 g/mol. The van der Waals surface area contributed by atoms with Gasteiger partial charge in [0.15, 0.2) is 11.8 Å². The minimum atomic E-state index is -0.112. The lowest BCUT2D eigenvalue weighted by atomic mass is 9.98. The average molecular weight is 419 g/mol. The summed E-state index contributed by atoms with van der Waals surface area (Å²) in [6.45, 7) is 6.92. The second-order valence-corrected chi connectivity index (χ2v) is 8.19. The lowest BCUT2D eigenvalue weighted by Crippen LogP contribution is -2.48. The van der Waals surface area contributed by atoms with Gasteiger partial charge in [-0.2, -0.15) is 0 Å². The van der Waals surface area contributed by atoms with Crippen molar-refractivity contribution in [1.82, 2.24) is 25.0 Å². The SMILES string of the molecule is CCOC(=O)C1CCCN(C(=NCc2nnc(C)n2C)NCCc2cccs2)C1. The molecular weight excluding hydrogens is 388 g/mol. The number of nitrogens with one attached hydrogen (secondary N) is 1. The van der Waals surface area contributed by atoms with E-state index in [0.29, 0.717) is 19.7 Å². The van der Waals surface area contributed by atoms with Crippen molar-refractivity contribution in [3.63, 3.8) is 0 Å². The highest BCUT2D eigenvalue weighted by Gasteiger charge is 2.28. The molecule has 0 aromatic carbocycles. The van der Waals surface area contributed by atoms with Gasteiger partial charge in [0, 0.05) is 31.6 Å². The third-order valence-electron chi connectivity index (χ3n) is 5.13. The third kappa shape index (κ3) is 5.79. The van der Waals surface area contributed by atoms with E-state index in [-0.39, 0.29) is 11.9 Å². The van der Waals surface area contributed by atoms with Crippen LogP contribution in [0.2, 0.25) is 0 Å².